The maximum Gasteiger partial charge on any atom is 0.336 e. The predicted molar refractivity (Wildman–Crippen MR) is 120 cm³/mol. The summed E-state index contributed by atoms with van der Waals surface area (Å²) in [5, 5.41) is 0. The molecule has 4 heteroatoms. The highest BCUT2D eigenvalue weighted by Crippen LogP contribution is 2.66. The van der Waals surface area contributed by atoms with E-state index in [-0.39, 0.29) is 24.2 Å². The van der Waals surface area contributed by atoms with Crippen molar-refractivity contribution < 1.29 is 21.9 Å². The standard InChI is InChI=1S/C23H46O2P.ClH/c1-7-11-15-16-17-22(25-23(24)21(5)6)26(18-12-8-2,19-13-9-3)20-14-10-4;/h22H,5,7-20H2,1-4,6H3;1H/q+1;/p-1. The molecule has 0 radical (unpaired) electrons. The lowest BCUT2D eigenvalue weighted by Gasteiger charge is -2.35. The molecule has 0 amide bonds. The molecule has 0 aromatic rings. The van der Waals surface area contributed by atoms with Gasteiger partial charge in [-0.3, -0.25) is 0 Å². The molecular formula is C23H46ClO2P. The van der Waals surface area contributed by atoms with Gasteiger partial charge in [-0.2, -0.15) is 0 Å². The molecule has 0 fully saturated rings. The van der Waals surface area contributed by atoms with E-state index in [0.717, 1.165) is 6.42 Å². The molecule has 0 rings (SSSR count). The molecule has 0 aromatic heterocycles. The van der Waals surface area contributed by atoms with E-state index >= 15 is 0 Å². The van der Waals surface area contributed by atoms with Crippen molar-refractivity contribution in [3.05, 3.63) is 12.2 Å². The van der Waals surface area contributed by atoms with Crippen LogP contribution in [0.15, 0.2) is 12.2 Å². The van der Waals surface area contributed by atoms with Crippen LogP contribution in [-0.2, 0) is 9.53 Å². The van der Waals surface area contributed by atoms with Crippen molar-refractivity contribution in [2.45, 2.75) is 111 Å². The number of hydrogen-bond acceptors (Lipinski definition) is 2. The first kappa shape index (κ1) is 29.1. The zero-order valence-electron chi connectivity index (χ0n) is 18.8. The van der Waals surface area contributed by atoms with Crippen LogP contribution >= 0.6 is 7.26 Å². The van der Waals surface area contributed by atoms with Crippen molar-refractivity contribution in [1.82, 2.24) is 0 Å². The lowest BCUT2D eigenvalue weighted by Crippen LogP contribution is -3.00. The van der Waals surface area contributed by atoms with E-state index in [1.54, 1.807) is 6.92 Å². The first-order valence-electron chi connectivity index (χ1n) is 11.2. The summed E-state index contributed by atoms with van der Waals surface area (Å²) in [7, 11) is -1.28. The molecule has 0 spiro atoms. The maximum absolute atomic E-state index is 12.4. The van der Waals surface area contributed by atoms with Crippen molar-refractivity contribution in [3.63, 3.8) is 0 Å². The first-order chi connectivity index (χ1) is 12.5. The van der Waals surface area contributed by atoms with Gasteiger partial charge in [-0.15, -0.1) is 0 Å². The summed E-state index contributed by atoms with van der Waals surface area (Å²) >= 11 is 0. The Morgan fingerprint density at radius 2 is 1.26 bits per heavy atom. The smallest absolute Gasteiger partial charge is 0.336 e. The third-order valence-corrected chi connectivity index (χ3v) is 10.6. The van der Waals surface area contributed by atoms with Gasteiger partial charge in [0.05, 0.1) is 25.7 Å². The van der Waals surface area contributed by atoms with Gasteiger partial charge in [-0.05, 0) is 32.6 Å². The summed E-state index contributed by atoms with van der Waals surface area (Å²) in [6.07, 6.45) is 17.5. The molecule has 0 bridgehead atoms. The molecular weight excluding hydrogens is 375 g/mol. The zero-order valence-corrected chi connectivity index (χ0v) is 20.5. The van der Waals surface area contributed by atoms with E-state index in [1.165, 1.54) is 82.7 Å². The normalized spacial score (nSPS) is 12.3. The Morgan fingerprint density at radius 1 is 0.815 bits per heavy atom. The molecule has 0 aliphatic heterocycles. The molecule has 27 heavy (non-hydrogen) atoms. The summed E-state index contributed by atoms with van der Waals surface area (Å²) in [5.74, 6) is -0.00688. The van der Waals surface area contributed by atoms with E-state index in [4.69, 9.17) is 4.74 Å². The largest absolute Gasteiger partial charge is 1.00 e. The van der Waals surface area contributed by atoms with Crippen LogP contribution in [-0.4, -0.2) is 30.3 Å². The van der Waals surface area contributed by atoms with Crippen molar-refractivity contribution >= 4 is 13.2 Å². The van der Waals surface area contributed by atoms with Crippen molar-refractivity contribution in [1.29, 1.82) is 0 Å². The summed E-state index contributed by atoms with van der Waals surface area (Å²) in [6, 6.07) is 0. The molecule has 0 heterocycles. The molecule has 0 aliphatic rings. The molecule has 1 atom stereocenters. The van der Waals surface area contributed by atoms with Crippen LogP contribution in [0.1, 0.15) is 105 Å². The highest BCUT2D eigenvalue weighted by molar-refractivity contribution is 7.76. The van der Waals surface area contributed by atoms with E-state index < -0.39 is 7.26 Å². The molecule has 1 unspecified atom stereocenters. The van der Waals surface area contributed by atoms with E-state index in [0.29, 0.717) is 5.57 Å². The summed E-state index contributed by atoms with van der Waals surface area (Å²) < 4.78 is 6.16. The Labute approximate surface area is 177 Å². The van der Waals surface area contributed by atoms with Gasteiger partial charge in [0.15, 0.2) is 0 Å². The van der Waals surface area contributed by atoms with Crippen LogP contribution in [0.25, 0.3) is 0 Å². The van der Waals surface area contributed by atoms with Crippen molar-refractivity contribution in [2.75, 3.05) is 18.5 Å². The Kier molecular flexibility index (Phi) is 19.4. The van der Waals surface area contributed by atoms with Gasteiger partial charge in [0, 0.05) is 12.0 Å². The Hall–Kier alpha value is -0.0700. The fourth-order valence-corrected chi connectivity index (χ4v) is 9.02. The summed E-state index contributed by atoms with van der Waals surface area (Å²) in [6.45, 7) is 14.7. The van der Waals surface area contributed by atoms with Crippen molar-refractivity contribution in [3.8, 4) is 0 Å². The third kappa shape index (κ3) is 12.2. The third-order valence-electron chi connectivity index (χ3n) is 5.38. The average Bonchev–Trinajstić information content (AvgIpc) is 2.63. The number of esters is 1. The Balaban J connectivity index is 0. The van der Waals surface area contributed by atoms with Crippen LogP contribution in [0.3, 0.4) is 0 Å². The summed E-state index contributed by atoms with van der Waals surface area (Å²) in [5.41, 5.74) is 0.545. The van der Waals surface area contributed by atoms with Gasteiger partial charge in [0.1, 0.15) is 0 Å². The van der Waals surface area contributed by atoms with E-state index in [1.807, 2.05) is 0 Å². The average molecular weight is 421 g/mol. The van der Waals surface area contributed by atoms with Crippen LogP contribution in [0, 0.1) is 0 Å². The minimum absolute atomic E-state index is 0. The second kappa shape index (κ2) is 18.0. The molecule has 162 valence electrons. The maximum atomic E-state index is 12.4. The van der Waals surface area contributed by atoms with Gasteiger partial charge in [0.25, 0.3) is 0 Å². The van der Waals surface area contributed by atoms with E-state index in [2.05, 4.69) is 34.3 Å². The predicted octanol–water partition coefficient (Wildman–Crippen LogP) is 4.82. The minimum atomic E-state index is -1.28. The highest BCUT2D eigenvalue weighted by Gasteiger charge is 2.46. The summed E-state index contributed by atoms with van der Waals surface area (Å²) in [4.78, 5) is 12.4. The molecule has 0 N–H and O–H groups in total. The number of rotatable bonds is 17. The van der Waals surface area contributed by atoms with Crippen LogP contribution < -0.4 is 12.4 Å². The van der Waals surface area contributed by atoms with E-state index in [9.17, 15) is 4.79 Å². The fourth-order valence-electron chi connectivity index (χ4n) is 3.60. The second-order valence-electron chi connectivity index (χ2n) is 7.94. The molecule has 0 aromatic carbocycles. The van der Waals surface area contributed by atoms with Gasteiger partial charge in [0.2, 0.25) is 5.85 Å². The van der Waals surface area contributed by atoms with Crippen LogP contribution in [0.4, 0.5) is 0 Å². The lowest BCUT2D eigenvalue weighted by molar-refractivity contribution is -0.141. The van der Waals surface area contributed by atoms with Crippen molar-refractivity contribution in [2.24, 2.45) is 0 Å². The second-order valence-corrected chi connectivity index (χ2v) is 12.3. The Morgan fingerprint density at radius 3 is 1.63 bits per heavy atom. The van der Waals surface area contributed by atoms with Crippen LogP contribution in [0.5, 0.6) is 0 Å². The molecule has 2 nitrogen and oxygen atoms in total. The molecule has 0 saturated heterocycles. The monoisotopic (exact) mass is 420 g/mol. The topological polar surface area (TPSA) is 26.3 Å². The van der Waals surface area contributed by atoms with Gasteiger partial charge in [-0.1, -0.05) is 72.8 Å². The van der Waals surface area contributed by atoms with Gasteiger partial charge >= 0.3 is 5.97 Å². The number of unbranched alkanes of at least 4 members (excludes halogenated alkanes) is 6. The number of hydrogen-bond donors (Lipinski definition) is 0. The van der Waals surface area contributed by atoms with Crippen LogP contribution in [0.2, 0.25) is 0 Å². The molecule has 0 aliphatic carbocycles. The highest BCUT2D eigenvalue weighted by atomic mass is 35.5. The fraction of sp³-hybridized carbons (Fsp3) is 0.870. The SMILES string of the molecule is C=C(C)C(=O)OC(CCCCCC)[P+](CCCC)(CCCC)CCCC.[Cl-]. The molecule has 0 saturated carbocycles. The number of ether oxygens (including phenoxy) is 1. The minimum Gasteiger partial charge on any atom is -1.00 e. The lowest BCUT2D eigenvalue weighted by atomic mass is 10.2. The zero-order chi connectivity index (χ0) is 19.8. The van der Waals surface area contributed by atoms with Gasteiger partial charge < -0.3 is 17.1 Å². The quantitative estimate of drug-likeness (QED) is 0.146. The first-order valence-corrected chi connectivity index (χ1v) is 13.6. The Bertz CT molecular complexity index is 363. The van der Waals surface area contributed by atoms with Gasteiger partial charge in [-0.25, -0.2) is 4.79 Å². The number of carbonyl (C=O) groups is 1. The number of halogens is 1. The number of carbonyl (C=O) groups excluding carboxylic acids is 1.